The van der Waals surface area contributed by atoms with Gasteiger partial charge in [-0.25, -0.2) is 4.68 Å². The Balaban J connectivity index is 1.45. The molecule has 0 unspecified atom stereocenters. The molecule has 0 spiro atoms. The first-order chi connectivity index (χ1) is 12.6. The van der Waals surface area contributed by atoms with Crippen LogP contribution in [0.4, 0.5) is 5.69 Å². The first-order valence-corrected chi connectivity index (χ1v) is 8.34. The molecule has 1 amide bonds. The molecule has 0 fully saturated rings. The van der Waals surface area contributed by atoms with E-state index in [1.54, 1.807) is 35.1 Å². The van der Waals surface area contributed by atoms with E-state index >= 15 is 0 Å². The van der Waals surface area contributed by atoms with Crippen LogP contribution in [-0.2, 0) is 6.67 Å². The van der Waals surface area contributed by atoms with Gasteiger partial charge in [0.1, 0.15) is 19.9 Å². The predicted molar refractivity (Wildman–Crippen MR) is 94.7 cm³/mol. The minimum absolute atomic E-state index is 0.284. The van der Waals surface area contributed by atoms with Crippen molar-refractivity contribution >= 4 is 11.6 Å². The van der Waals surface area contributed by atoms with E-state index in [9.17, 15) is 4.79 Å². The maximum Gasteiger partial charge on any atom is 0.276 e. The van der Waals surface area contributed by atoms with Crippen molar-refractivity contribution in [3.63, 3.8) is 0 Å². The normalized spacial score (nSPS) is 12.8. The highest BCUT2D eigenvalue weighted by Crippen LogP contribution is 2.32. The largest absolute Gasteiger partial charge is 0.486 e. The van der Waals surface area contributed by atoms with Crippen molar-refractivity contribution in [1.29, 1.82) is 0 Å². The monoisotopic (exact) mass is 353 g/mol. The summed E-state index contributed by atoms with van der Waals surface area (Å²) in [6.07, 6.45) is 1.76. The van der Waals surface area contributed by atoms with Gasteiger partial charge in [0.05, 0.1) is 5.69 Å². The number of benzene rings is 1. The van der Waals surface area contributed by atoms with E-state index in [1.165, 1.54) is 0 Å². The van der Waals surface area contributed by atoms with E-state index in [1.807, 2.05) is 24.6 Å². The van der Waals surface area contributed by atoms with Gasteiger partial charge < -0.3 is 14.8 Å². The fourth-order valence-corrected chi connectivity index (χ4v) is 2.83. The minimum Gasteiger partial charge on any atom is -0.486 e. The van der Waals surface area contributed by atoms with Gasteiger partial charge in [0.15, 0.2) is 17.2 Å². The van der Waals surface area contributed by atoms with Crippen molar-refractivity contribution in [1.82, 2.24) is 19.6 Å². The van der Waals surface area contributed by atoms with Gasteiger partial charge in [0.25, 0.3) is 5.91 Å². The summed E-state index contributed by atoms with van der Waals surface area (Å²) in [5.74, 6) is 1.03. The molecular formula is C18H19N5O3. The number of carbonyl (C=O) groups excluding carboxylic acids is 1. The molecule has 134 valence electrons. The second-order valence-corrected chi connectivity index (χ2v) is 6.12. The standard InChI is InChI=1S/C18H19N5O3/c1-12-9-13(2)23(20-12)11-22-6-5-15(21-22)18(24)19-14-3-4-16-17(10-14)26-8-7-25-16/h3-6,9-10H,7-8,11H2,1-2H3,(H,19,24). The number of nitrogens with one attached hydrogen (secondary N) is 1. The van der Waals surface area contributed by atoms with Gasteiger partial charge in [-0.1, -0.05) is 0 Å². The molecule has 0 saturated heterocycles. The van der Waals surface area contributed by atoms with Crippen molar-refractivity contribution < 1.29 is 14.3 Å². The van der Waals surface area contributed by atoms with Crippen LogP contribution in [-0.4, -0.2) is 38.7 Å². The SMILES string of the molecule is Cc1cc(C)n(Cn2ccc(C(=O)Nc3ccc4c(c3)OCCO4)n2)n1. The number of amides is 1. The highest BCUT2D eigenvalue weighted by Gasteiger charge is 2.15. The Morgan fingerprint density at radius 3 is 2.69 bits per heavy atom. The number of ether oxygens (including phenoxy) is 2. The average molecular weight is 353 g/mol. The number of fused-ring (bicyclic) bond motifs is 1. The number of carbonyl (C=O) groups is 1. The quantitative estimate of drug-likeness (QED) is 0.778. The second kappa shape index (κ2) is 6.55. The first kappa shape index (κ1) is 16.2. The third-order valence-corrected chi connectivity index (χ3v) is 4.06. The lowest BCUT2D eigenvalue weighted by Gasteiger charge is -2.18. The van der Waals surface area contributed by atoms with E-state index in [-0.39, 0.29) is 5.91 Å². The fourth-order valence-electron chi connectivity index (χ4n) is 2.83. The number of hydrogen-bond acceptors (Lipinski definition) is 5. The smallest absolute Gasteiger partial charge is 0.276 e. The maximum absolute atomic E-state index is 12.4. The van der Waals surface area contributed by atoms with Crippen molar-refractivity contribution in [3.8, 4) is 11.5 Å². The summed E-state index contributed by atoms with van der Waals surface area (Å²) < 4.78 is 14.5. The van der Waals surface area contributed by atoms with Gasteiger partial charge in [0, 0.05) is 23.6 Å². The Morgan fingerprint density at radius 2 is 1.92 bits per heavy atom. The number of anilines is 1. The molecule has 3 aromatic rings. The summed E-state index contributed by atoms with van der Waals surface area (Å²) in [6, 6.07) is 8.99. The first-order valence-electron chi connectivity index (χ1n) is 8.34. The fraction of sp³-hybridized carbons (Fsp3) is 0.278. The number of hydrogen-bond donors (Lipinski definition) is 1. The number of rotatable bonds is 4. The molecule has 1 aromatic carbocycles. The van der Waals surface area contributed by atoms with Crippen LogP contribution in [0.25, 0.3) is 0 Å². The van der Waals surface area contributed by atoms with E-state index < -0.39 is 0 Å². The Bertz CT molecular complexity index is 960. The maximum atomic E-state index is 12.4. The van der Waals surface area contributed by atoms with Gasteiger partial charge in [0.2, 0.25) is 0 Å². The van der Waals surface area contributed by atoms with Crippen molar-refractivity contribution in [2.45, 2.75) is 20.5 Å². The molecule has 0 radical (unpaired) electrons. The van der Waals surface area contributed by atoms with Crippen molar-refractivity contribution in [3.05, 3.63) is 53.6 Å². The van der Waals surface area contributed by atoms with E-state index in [2.05, 4.69) is 15.5 Å². The summed E-state index contributed by atoms with van der Waals surface area (Å²) in [7, 11) is 0. The molecule has 2 aromatic heterocycles. The number of aryl methyl sites for hydroxylation is 2. The second-order valence-electron chi connectivity index (χ2n) is 6.12. The van der Waals surface area contributed by atoms with Crippen molar-refractivity contribution in [2.75, 3.05) is 18.5 Å². The average Bonchev–Trinajstić information content (AvgIpc) is 3.21. The van der Waals surface area contributed by atoms with Crippen LogP contribution in [0.5, 0.6) is 11.5 Å². The zero-order chi connectivity index (χ0) is 18.1. The molecule has 0 aliphatic carbocycles. The predicted octanol–water partition coefficient (Wildman–Crippen LogP) is 2.23. The lowest BCUT2D eigenvalue weighted by atomic mass is 10.2. The molecule has 0 saturated carbocycles. The molecule has 26 heavy (non-hydrogen) atoms. The lowest BCUT2D eigenvalue weighted by Crippen LogP contribution is -2.17. The molecule has 1 aliphatic heterocycles. The molecule has 4 rings (SSSR count). The van der Waals surface area contributed by atoms with Gasteiger partial charge in [-0.05, 0) is 38.1 Å². The van der Waals surface area contributed by atoms with Crippen molar-refractivity contribution in [2.24, 2.45) is 0 Å². The topological polar surface area (TPSA) is 83.2 Å². The molecule has 3 heterocycles. The molecule has 8 heteroatoms. The Morgan fingerprint density at radius 1 is 1.12 bits per heavy atom. The van der Waals surface area contributed by atoms with E-state index in [4.69, 9.17) is 9.47 Å². The van der Waals surface area contributed by atoms with Crippen LogP contribution in [0, 0.1) is 13.8 Å². The lowest BCUT2D eigenvalue weighted by molar-refractivity contribution is 0.102. The Labute approximate surface area is 150 Å². The van der Waals surface area contributed by atoms with Crippen LogP contribution < -0.4 is 14.8 Å². The molecule has 8 nitrogen and oxygen atoms in total. The highest BCUT2D eigenvalue weighted by atomic mass is 16.6. The van der Waals surface area contributed by atoms with E-state index in [0.29, 0.717) is 42.8 Å². The van der Waals surface area contributed by atoms with Crippen LogP contribution in [0.2, 0.25) is 0 Å². The Hall–Kier alpha value is -3.29. The van der Waals surface area contributed by atoms with Crippen LogP contribution in [0.3, 0.4) is 0 Å². The van der Waals surface area contributed by atoms with E-state index in [0.717, 1.165) is 11.4 Å². The summed E-state index contributed by atoms with van der Waals surface area (Å²) >= 11 is 0. The van der Waals surface area contributed by atoms with Gasteiger partial charge in [-0.3, -0.25) is 9.48 Å². The zero-order valence-corrected chi connectivity index (χ0v) is 14.6. The molecular weight excluding hydrogens is 334 g/mol. The third-order valence-electron chi connectivity index (χ3n) is 4.06. The number of aromatic nitrogens is 4. The third kappa shape index (κ3) is 3.26. The summed E-state index contributed by atoms with van der Waals surface area (Å²) in [4.78, 5) is 12.4. The van der Waals surface area contributed by atoms with Gasteiger partial charge in [-0.15, -0.1) is 0 Å². The molecule has 0 bridgehead atoms. The summed E-state index contributed by atoms with van der Waals surface area (Å²) in [6.45, 7) is 5.42. The summed E-state index contributed by atoms with van der Waals surface area (Å²) in [5, 5.41) is 11.6. The molecule has 0 atom stereocenters. The van der Waals surface area contributed by atoms with Gasteiger partial charge in [-0.2, -0.15) is 10.2 Å². The van der Waals surface area contributed by atoms with Crippen LogP contribution in [0.1, 0.15) is 21.9 Å². The molecule has 1 N–H and O–H groups in total. The minimum atomic E-state index is -0.284. The molecule has 1 aliphatic rings. The number of nitrogens with zero attached hydrogens (tertiary/aromatic N) is 4. The van der Waals surface area contributed by atoms with Crippen LogP contribution in [0.15, 0.2) is 36.5 Å². The highest BCUT2D eigenvalue weighted by molar-refractivity contribution is 6.02. The summed E-state index contributed by atoms with van der Waals surface area (Å²) in [5.41, 5.74) is 2.96. The zero-order valence-electron chi connectivity index (χ0n) is 14.6. The Kier molecular flexibility index (Phi) is 4.08. The van der Waals surface area contributed by atoms with Gasteiger partial charge >= 0.3 is 0 Å². The van der Waals surface area contributed by atoms with Crippen LogP contribution >= 0.6 is 0 Å².